The first-order valence-corrected chi connectivity index (χ1v) is 6.95. The van der Waals surface area contributed by atoms with E-state index in [1.807, 2.05) is 10.6 Å². The second kappa shape index (κ2) is 6.29. The zero-order chi connectivity index (χ0) is 14.5. The molecule has 0 atom stereocenters. The van der Waals surface area contributed by atoms with Crippen LogP contribution < -0.4 is 5.73 Å². The Labute approximate surface area is 120 Å². The highest BCUT2D eigenvalue weighted by atomic mass is 15.1. The molecule has 0 aliphatic heterocycles. The molecule has 1 aromatic carbocycles. The summed E-state index contributed by atoms with van der Waals surface area (Å²) in [5.74, 6) is 4.65. The Morgan fingerprint density at radius 2 is 1.95 bits per heavy atom. The first kappa shape index (κ1) is 14.2. The Morgan fingerprint density at radius 3 is 2.55 bits per heavy atom. The zero-order valence-electron chi connectivity index (χ0n) is 12.1. The third-order valence-corrected chi connectivity index (χ3v) is 3.37. The van der Waals surface area contributed by atoms with Crippen molar-refractivity contribution in [1.29, 1.82) is 0 Å². The minimum atomic E-state index is 0.316. The lowest BCUT2D eigenvalue weighted by Crippen LogP contribution is -2.07. The first-order chi connectivity index (χ1) is 9.63. The highest BCUT2D eigenvalue weighted by molar-refractivity contribution is 5.40. The van der Waals surface area contributed by atoms with Crippen molar-refractivity contribution in [2.75, 3.05) is 5.73 Å². The Balaban J connectivity index is 2.20. The molecule has 2 aromatic rings. The number of hydrogen-bond donors (Lipinski definition) is 1. The molecule has 2 N–H and O–H groups in total. The maximum absolute atomic E-state index is 6.20. The van der Waals surface area contributed by atoms with Crippen LogP contribution in [0.1, 0.15) is 36.8 Å². The van der Waals surface area contributed by atoms with E-state index in [-0.39, 0.29) is 0 Å². The lowest BCUT2D eigenvalue weighted by molar-refractivity contribution is 0.690. The van der Waals surface area contributed by atoms with Gasteiger partial charge in [-0.25, -0.2) is 4.98 Å². The molecule has 2 rings (SSSR count). The molecule has 0 radical (unpaired) electrons. The molecule has 0 aliphatic rings. The van der Waals surface area contributed by atoms with Crippen molar-refractivity contribution >= 4 is 5.82 Å². The highest BCUT2D eigenvalue weighted by Gasteiger charge is 2.16. The van der Waals surface area contributed by atoms with E-state index in [0.29, 0.717) is 18.3 Å². The summed E-state index contributed by atoms with van der Waals surface area (Å²) in [4.78, 5) is 4.69. The van der Waals surface area contributed by atoms with Gasteiger partial charge in [-0.05, 0) is 18.4 Å². The molecule has 0 aliphatic carbocycles. The summed E-state index contributed by atoms with van der Waals surface area (Å²) in [5, 5.41) is 0. The fraction of sp³-hybridized carbons (Fsp3) is 0.353. The maximum atomic E-state index is 6.20. The average molecular weight is 267 g/mol. The van der Waals surface area contributed by atoms with Crippen LogP contribution in [0, 0.1) is 12.3 Å². The van der Waals surface area contributed by atoms with Crippen molar-refractivity contribution in [2.45, 2.75) is 39.2 Å². The van der Waals surface area contributed by atoms with E-state index in [2.05, 4.69) is 49.0 Å². The van der Waals surface area contributed by atoms with Gasteiger partial charge in [-0.1, -0.05) is 50.1 Å². The van der Waals surface area contributed by atoms with E-state index in [9.17, 15) is 0 Å². The predicted octanol–water partition coefficient (Wildman–Crippen LogP) is 3.01. The molecule has 104 valence electrons. The van der Waals surface area contributed by atoms with Crippen LogP contribution in [0.2, 0.25) is 0 Å². The maximum Gasteiger partial charge on any atom is 0.127 e. The van der Waals surface area contributed by atoms with Gasteiger partial charge in [-0.15, -0.1) is 6.42 Å². The van der Waals surface area contributed by atoms with Gasteiger partial charge in [0.25, 0.3) is 0 Å². The number of nitrogen functional groups attached to an aromatic ring is 1. The summed E-state index contributed by atoms with van der Waals surface area (Å²) in [5.41, 5.74) is 8.44. The molecule has 0 saturated carbocycles. The smallest absolute Gasteiger partial charge is 0.127 e. The first-order valence-electron chi connectivity index (χ1n) is 6.95. The van der Waals surface area contributed by atoms with Gasteiger partial charge in [-0.3, -0.25) is 0 Å². The number of imidazole rings is 1. The van der Waals surface area contributed by atoms with E-state index in [0.717, 1.165) is 24.4 Å². The standard InChI is InChI=1S/C17H21N3/c1-4-12-20-16(18)15(19-17(20)13(2)3)11-10-14-8-6-5-7-9-14/h1,5-9,13H,10-12,18H2,2-3H3. The van der Waals surface area contributed by atoms with Gasteiger partial charge >= 0.3 is 0 Å². The van der Waals surface area contributed by atoms with Crippen molar-refractivity contribution < 1.29 is 0 Å². The van der Waals surface area contributed by atoms with Gasteiger partial charge < -0.3 is 10.3 Å². The predicted molar refractivity (Wildman–Crippen MR) is 83.4 cm³/mol. The summed E-state index contributed by atoms with van der Waals surface area (Å²) >= 11 is 0. The number of anilines is 1. The molecular weight excluding hydrogens is 246 g/mol. The van der Waals surface area contributed by atoms with Crippen LogP contribution in [0.5, 0.6) is 0 Å². The second-order valence-electron chi connectivity index (χ2n) is 5.23. The average Bonchev–Trinajstić information content (AvgIpc) is 2.76. The molecule has 20 heavy (non-hydrogen) atoms. The van der Waals surface area contributed by atoms with E-state index in [1.54, 1.807) is 0 Å². The highest BCUT2D eigenvalue weighted by Crippen LogP contribution is 2.22. The van der Waals surface area contributed by atoms with Crippen LogP contribution in [0.15, 0.2) is 30.3 Å². The number of aromatic nitrogens is 2. The van der Waals surface area contributed by atoms with Crippen molar-refractivity contribution in [3.05, 3.63) is 47.4 Å². The largest absolute Gasteiger partial charge is 0.384 e. The summed E-state index contributed by atoms with van der Waals surface area (Å²) in [6.07, 6.45) is 7.20. The molecular formula is C17H21N3. The van der Waals surface area contributed by atoms with Gasteiger partial charge in [0.2, 0.25) is 0 Å². The lowest BCUT2D eigenvalue weighted by atomic mass is 10.1. The number of terminal acetylenes is 1. The minimum absolute atomic E-state index is 0.316. The number of nitrogens with zero attached hydrogens (tertiary/aromatic N) is 2. The Kier molecular flexibility index (Phi) is 4.47. The molecule has 0 unspecified atom stereocenters. The van der Waals surface area contributed by atoms with Crippen LogP contribution in [-0.2, 0) is 19.4 Å². The van der Waals surface area contributed by atoms with Crippen LogP contribution in [0.3, 0.4) is 0 Å². The van der Waals surface area contributed by atoms with E-state index in [4.69, 9.17) is 12.2 Å². The molecule has 0 fully saturated rings. The van der Waals surface area contributed by atoms with Gasteiger partial charge in [0.05, 0.1) is 12.2 Å². The fourth-order valence-corrected chi connectivity index (χ4v) is 2.32. The SMILES string of the molecule is C#CCn1c(C(C)C)nc(CCc2ccccc2)c1N. The molecule has 1 heterocycles. The van der Waals surface area contributed by atoms with Gasteiger partial charge in [0.1, 0.15) is 11.6 Å². The summed E-state index contributed by atoms with van der Waals surface area (Å²) in [6.45, 7) is 4.70. The molecule has 0 amide bonds. The number of benzene rings is 1. The van der Waals surface area contributed by atoms with Crippen LogP contribution >= 0.6 is 0 Å². The number of nitrogens with two attached hydrogens (primary N) is 1. The normalized spacial score (nSPS) is 10.7. The van der Waals surface area contributed by atoms with Crippen molar-refractivity contribution in [3.8, 4) is 12.3 Å². The minimum Gasteiger partial charge on any atom is -0.384 e. The molecule has 0 bridgehead atoms. The second-order valence-corrected chi connectivity index (χ2v) is 5.23. The number of rotatable bonds is 5. The molecule has 0 saturated heterocycles. The Morgan fingerprint density at radius 1 is 1.25 bits per heavy atom. The van der Waals surface area contributed by atoms with Gasteiger partial charge in [0, 0.05) is 5.92 Å². The van der Waals surface area contributed by atoms with E-state index < -0.39 is 0 Å². The monoisotopic (exact) mass is 267 g/mol. The third-order valence-electron chi connectivity index (χ3n) is 3.37. The molecule has 1 aromatic heterocycles. The van der Waals surface area contributed by atoms with Crippen LogP contribution in [0.4, 0.5) is 5.82 Å². The van der Waals surface area contributed by atoms with Gasteiger partial charge in [0.15, 0.2) is 0 Å². The van der Waals surface area contributed by atoms with Crippen molar-refractivity contribution in [1.82, 2.24) is 9.55 Å². The molecule has 0 spiro atoms. The quantitative estimate of drug-likeness (QED) is 0.846. The summed E-state index contributed by atoms with van der Waals surface area (Å²) < 4.78 is 1.95. The van der Waals surface area contributed by atoms with Crippen LogP contribution in [-0.4, -0.2) is 9.55 Å². The zero-order valence-corrected chi connectivity index (χ0v) is 12.1. The Bertz CT molecular complexity index is 603. The molecule has 3 nitrogen and oxygen atoms in total. The van der Waals surface area contributed by atoms with Gasteiger partial charge in [-0.2, -0.15) is 0 Å². The van der Waals surface area contributed by atoms with Crippen molar-refractivity contribution in [3.63, 3.8) is 0 Å². The van der Waals surface area contributed by atoms with E-state index >= 15 is 0 Å². The number of hydrogen-bond acceptors (Lipinski definition) is 2. The third kappa shape index (κ3) is 3.03. The Hall–Kier alpha value is -2.21. The summed E-state index contributed by atoms with van der Waals surface area (Å²) in [6, 6.07) is 10.4. The molecule has 3 heteroatoms. The summed E-state index contributed by atoms with van der Waals surface area (Å²) in [7, 11) is 0. The topological polar surface area (TPSA) is 43.8 Å². The van der Waals surface area contributed by atoms with Crippen LogP contribution in [0.25, 0.3) is 0 Å². The lowest BCUT2D eigenvalue weighted by Gasteiger charge is -2.08. The fourth-order valence-electron chi connectivity index (χ4n) is 2.32. The van der Waals surface area contributed by atoms with Crippen molar-refractivity contribution in [2.24, 2.45) is 0 Å². The van der Waals surface area contributed by atoms with E-state index in [1.165, 1.54) is 5.56 Å². The number of aryl methyl sites for hydroxylation is 2.